The molecule has 0 fully saturated rings. The first kappa shape index (κ1) is 16.4. The van der Waals surface area contributed by atoms with E-state index in [1.165, 1.54) is 6.07 Å². The number of hydrogen-bond acceptors (Lipinski definition) is 5. The summed E-state index contributed by atoms with van der Waals surface area (Å²) in [6.07, 6.45) is -0.159. The first-order valence-electron chi connectivity index (χ1n) is 8.47. The summed E-state index contributed by atoms with van der Waals surface area (Å²) in [5.74, 6) is 0.276. The predicted molar refractivity (Wildman–Crippen MR) is 96.3 cm³/mol. The van der Waals surface area contributed by atoms with Gasteiger partial charge in [-0.05, 0) is 36.6 Å². The molecule has 26 heavy (non-hydrogen) atoms. The third-order valence-electron chi connectivity index (χ3n) is 4.80. The van der Waals surface area contributed by atoms with Crippen LogP contribution in [0.5, 0.6) is 5.75 Å². The number of para-hydroxylation sites is 1. The van der Waals surface area contributed by atoms with E-state index in [4.69, 9.17) is 13.9 Å². The molecule has 1 aromatic heterocycles. The Morgan fingerprint density at radius 3 is 2.81 bits per heavy atom. The minimum absolute atomic E-state index is 0.000358. The quantitative estimate of drug-likeness (QED) is 0.535. The molecular formula is C21H18O5. The van der Waals surface area contributed by atoms with Gasteiger partial charge in [0.1, 0.15) is 17.9 Å². The highest BCUT2D eigenvalue weighted by atomic mass is 16.6. The SMILES string of the molecule is Cc1ccc2c(COC(=O)C3Cc4ccccc4O3)cc(=O)oc2c1C. The van der Waals surface area contributed by atoms with Crippen molar-refractivity contribution in [2.45, 2.75) is 33.0 Å². The van der Waals surface area contributed by atoms with E-state index >= 15 is 0 Å². The van der Waals surface area contributed by atoms with E-state index in [2.05, 4.69) is 0 Å². The average molecular weight is 350 g/mol. The van der Waals surface area contributed by atoms with Gasteiger partial charge in [-0.2, -0.15) is 0 Å². The van der Waals surface area contributed by atoms with Gasteiger partial charge in [0.15, 0.2) is 6.10 Å². The first-order chi connectivity index (χ1) is 12.5. The van der Waals surface area contributed by atoms with Gasteiger partial charge in [-0.3, -0.25) is 0 Å². The monoisotopic (exact) mass is 350 g/mol. The molecule has 0 saturated carbocycles. The van der Waals surface area contributed by atoms with Crippen molar-refractivity contribution >= 4 is 16.9 Å². The molecule has 132 valence electrons. The maximum Gasteiger partial charge on any atom is 0.348 e. The van der Waals surface area contributed by atoms with Crippen molar-refractivity contribution < 1.29 is 18.7 Å². The van der Waals surface area contributed by atoms with Crippen LogP contribution in [0.25, 0.3) is 11.0 Å². The lowest BCUT2D eigenvalue weighted by atomic mass is 10.0. The maximum atomic E-state index is 12.4. The second-order valence-corrected chi connectivity index (χ2v) is 6.50. The topological polar surface area (TPSA) is 65.7 Å². The molecule has 5 nitrogen and oxygen atoms in total. The molecule has 0 aliphatic carbocycles. The fourth-order valence-corrected chi connectivity index (χ4v) is 3.20. The first-order valence-corrected chi connectivity index (χ1v) is 8.47. The van der Waals surface area contributed by atoms with E-state index in [0.29, 0.717) is 23.3 Å². The molecule has 0 bridgehead atoms. The van der Waals surface area contributed by atoms with Crippen molar-refractivity contribution in [3.8, 4) is 5.75 Å². The largest absolute Gasteiger partial charge is 0.478 e. The zero-order valence-corrected chi connectivity index (χ0v) is 14.6. The third kappa shape index (κ3) is 2.86. The number of aryl methyl sites for hydroxylation is 2. The molecule has 0 radical (unpaired) electrons. The molecule has 1 unspecified atom stereocenters. The van der Waals surface area contributed by atoms with Crippen molar-refractivity contribution in [2.24, 2.45) is 0 Å². The molecule has 1 atom stereocenters. The van der Waals surface area contributed by atoms with Crippen molar-refractivity contribution in [2.75, 3.05) is 0 Å². The Morgan fingerprint density at radius 1 is 1.19 bits per heavy atom. The van der Waals surface area contributed by atoms with Crippen molar-refractivity contribution in [3.05, 3.63) is 75.1 Å². The lowest BCUT2D eigenvalue weighted by Gasteiger charge is -2.12. The highest BCUT2D eigenvalue weighted by Crippen LogP contribution is 2.29. The summed E-state index contributed by atoms with van der Waals surface area (Å²) in [6, 6.07) is 12.8. The third-order valence-corrected chi connectivity index (χ3v) is 4.80. The molecule has 4 rings (SSSR count). The average Bonchev–Trinajstić information content (AvgIpc) is 3.07. The zero-order chi connectivity index (χ0) is 18.3. The van der Waals surface area contributed by atoms with Crippen LogP contribution in [0, 0.1) is 13.8 Å². The van der Waals surface area contributed by atoms with E-state index in [1.807, 2.05) is 50.2 Å². The van der Waals surface area contributed by atoms with Crippen LogP contribution in [0.4, 0.5) is 0 Å². The highest BCUT2D eigenvalue weighted by Gasteiger charge is 2.30. The van der Waals surface area contributed by atoms with Gasteiger partial charge in [0.25, 0.3) is 0 Å². The van der Waals surface area contributed by atoms with Crippen molar-refractivity contribution in [1.29, 1.82) is 0 Å². The number of esters is 1. The number of carbonyl (C=O) groups excluding carboxylic acids is 1. The Bertz CT molecular complexity index is 1040. The smallest absolute Gasteiger partial charge is 0.348 e. The van der Waals surface area contributed by atoms with Gasteiger partial charge >= 0.3 is 11.6 Å². The predicted octanol–water partition coefficient (Wildman–Crippen LogP) is 3.46. The van der Waals surface area contributed by atoms with Gasteiger partial charge in [0.05, 0.1) is 0 Å². The molecule has 0 N–H and O–H groups in total. The molecule has 0 amide bonds. The number of ether oxygens (including phenoxy) is 2. The van der Waals surface area contributed by atoms with Gasteiger partial charge in [0.2, 0.25) is 0 Å². The van der Waals surface area contributed by atoms with Crippen LogP contribution in [0.1, 0.15) is 22.3 Å². The van der Waals surface area contributed by atoms with Crippen LogP contribution in [0.2, 0.25) is 0 Å². The van der Waals surface area contributed by atoms with Crippen molar-refractivity contribution in [3.63, 3.8) is 0 Å². The minimum Gasteiger partial charge on any atom is -0.478 e. The highest BCUT2D eigenvalue weighted by molar-refractivity contribution is 5.84. The summed E-state index contributed by atoms with van der Waals surface area (Å²) < 4.78 is 16.4. The number of benzene rings is 2. The van der Waals surface area contributed by atoms with Gasteiger partial charge in [0, 0.05) is 23.4 Å². The Balaban J connectivity index is 1.54. The lowest BCUT2D eigenvalue weighted by Crippen LogP contribution is -2.27. The molecule has 3 aromatic rings. The molecule has 0 spiro atoms. The standard InChI is InChI=1S/C21H18O5/c1-12-7-8-16-15(10-19(22)26-20(16)13(12)2)11-24-21(23)18-9-14-5-3-4-6-17(14)25-18/h3-8,10,18H,9,11H2,1-2H3. The summed E-state index contributed by atoms with van der Waals surface area (Å²) >= 11 is 0. The van der Waals surface area contributed by atoms with Crippen LogP contribution in [-0.2, 0) is 22.6 Å². The second-order valence-electron chi connectivity index (χ2n) is 6.50. The van der Waals surface area contributed by atoms with Crippen molar-refractivity contribution in [1.82, 2.24) is 0 Å². The Kier molecular flexibility index (Phi) is 3.99. The molecule has 2 heterocycles. The Morgan fingerprint density at radius 2 is 2.00 bits per heavy atom. The van der Waals surface area contributed by atoms with Crippen LogP contribution in [0.15, 0.2) is 51.7 Å². The summed E-state index contributed by atoms with van der Waals surface area (Å²) in [6.45, 7) is 3.86. The van der Waals surface area contributed by atoms with Gasteiger partial charge < -0.3 is 13.9 Å². The van der Waals surface area contributed by atoms with E-state index in [0.717, 1.165) is 22.1 Å². The number of rotatable bonds is 3. The summed E-state index contributed by atoms with van der Waals surface area (Å²) in [7, 11) is 0. The molecule has 5 heteroatoms. The summed E-state index contributed by atoms with van der Waals surface area (Å²) in [5.41, 5.74) is 3.64. The number of carbonyl (C=O) groups is 1. The fraction of sp³-hybridized carbons (Fsp3) is 0.238. The van der Waals surface area contributed by atoms with Crippen LogP contribution in [0.3, 0.4) is 0 Å². The molecule has 1 aliphatic rings. The van der Waals surface area contributed by atoms with Gasteiger partial charge in [-0.1, -0.05) is 30.3 Å². The number of fused-ring (bicyclic) bond motifs is 2. The minimum atomic E-state index is -0.650. The summed E-state index contributed by atoms with van der Waals surface area (Å²) in [5, 5.41) is 0.774. The Labute approximate surface area is 150 Å². The van der Waals surface area contributed by atoms with E-state index in [-0.39, 0.29) is 6.61 Å². The van der Waals surface area contributed by atoms with E-state index in [1.54, 1.807) is 0 Å². The zero-order valence-electron chi connectivity index (χ0n) is 14.6. The van der Waals surface area contributed by atoms with E-state index in [9.17, 15) is 9.59 Å². The van der Waals surface area contributed by atoms with E-state index < -0.39 is 17.7 Å². The van der Waals surface area contributed by atoms with Crippen LogP contribution in [-0.4, -0.2) is 12.1 Å². The fourth-order valence-electron chi connectivity index (χ4n) is 3.20. The van der Waals surface area contributed by atoms with Crippen LogP contribution >= 0.6 is 0 Å². The van der Waals surface area contributed by atoms with Crippen LogP contribution < -0.4 is 10.4 Å². The summed E-state index contributed by atoms with van der Waals surface area (Å²) in [4.78, 5) is 24.3. The molecule has 1 aliphatic heterocycles. The number of hydrogen-bond donors (Lipinski definition) is 0. The maximum absolute atomic E-state index is 12.4. The normalized spacial score (nSPS) is 15.5. The second kappa shape index (κ2) is 6.33. The van der Waals surface area contributed by atoms with Gasteiger partial charge in [-0.15, -0.1) is 0 Å². The molecular weight excluding hydrogens is 332 g/mol. The Hall–Kier alpha value is -3.08. The lowest BCUT2D eigenvalue weighted by molar-refractivity contribution is -0.152. The van der Waals surface area contributed by atoms with Gasteiger partial charge in [-0.25, -0.2) is 9.59 Å². The molecule has 2 aromatic carbocycles. The molecule has 0 saturated heterocycles.